The fraction of sp³-hybridized carbons (Fsp3) is 0.737. The Morgan fingerprint density at radius 1 is 1.44 bits per heavy atom. The van der Waals surface area contributed by atoms with Gasteiger partial charge in [-0.25, -0.2) is 0 Å². The van der Waals surface area contributed by atoms with Crippen molar-refractivity contribution in [3.63, 3.8) is 0 Å². The van der Waals surface area contributed by atoms with E-state index < -0.39 is 0 Å². The molecule has 3 aliphatic rings. The van der Waals surface area contributed by atoms with E-state index in [0.717, 1.165) is 39.0 Å². The second kappa shape index (κ2) is 7.74. The average molecular weight is 365 g/mol. The fourth-order valence-corrected chi connectivity index (χ4v) is 4.98. The number of carbonyl (C=O) groups is 1. The van der Waals surface area contributed by atoms with Gasteiger partial charge in [-0.2, -0.15) is 11.3 Å². The van der Waals surface area contributed by atoms with Gasteiger partial charge in [-0.3, -0.25) is 4.79 Å². The van der Waals surface area contributed by atoms with E-state index in [2.05, 4.69) is 27.0 Å². The summed E-state index contributed by atoms with van der Waals surface area (Å²) in [6.07, 6.45) is 5.84. The van der Waals surface area contributed by atoms with Crippen LogP contribution in [-0.4, -0.2) is 55.9 Å². The predicted molar refractivity (Wildman–Crippen MR) is 97.6 cm³/mol. The molecule has 2 saturated heterocycles. The second-order valence-electron chi connectivity index (χ2n) is 7.64. The lowest BCUT2D eigenvalue weighted by Crippen LogP contribution is -2.40. The molecule has 0 radical (unpaired) electrons. The molecule has 3 heterocycles. The smallest absolute Gasteiger partial charge is 0.249 e. The van der Waals surface area contributed by atoms with Gasteiger partial charge in [-0.1, -0.05) is 0 Å². The SMILES string of the molecule is O=C(COCC1CCCO1)N(Cc1ccsc1)C1CC12CCNCC2. The molecule has 5 nitrogen and oxygen atoms in total. The molecule has 138 valence electrons. The molecule has 3 fully saturated rings. The van der Waals surface area contributed by atoms with E-state index >= 15 is 0 Å². The van der Waals surface area contributed by atoms with E-state index in [1.165, 1.54) is 18.4 Å². The summed E-state index contributed by atoms with van der Waals surface area (Å²) < 4.78 is 11.3. The van der Waals surface area contributed by atoms with Gasteiger partial charge in [-0.15, -0.1) is 0 Å². The summed E-state index contributed by atoms with van der Waals surface area (Å²) in [6, 6.07) is 2.50. The first-order valence-electron chi connectivity index (χ1n) is 9.47. The monoisotopic (exact) mass is 364 g/mol. The quantitative estimate of drug-likeness (QED) is 0.807. The maximum atomic E-state index is 12.9. The summed E-state index contributed by atoms with van der Waals surface area (Å²) in [5.74, 6) is 0.129. The third-order valence-corrected chi connectivity index (χ3v) is 6.66. The van der Waals surface area contributed by atoms with Gasteiger partial charge in [0, 0.05) is 19.2 Å². The van der Waals surface area contributed by atoms with Crippen molar-refractivity contribution in [2.75, 3.05) is 32.9 Å². The topological polar surface area (TPSA) is 50.8 Å². The van der Waals surface area contributed by atoms with Gasteiger partial charge < -0.3 is 19.7 Å². The lowest BCUT2D eigenvalue weighted by atomic mass is 9.93. The van der Waals surface area contributed by atoms with E-state index in [0.29, 0.717) is 24.6 Å². The fourth-order valence-electron chi connectivity index (χ4n) is 4.32. The lowest BCUT2D eigenvalue weighted by molar-refractivity contribution is -0.139. The maximum absolute atomic E-state index is 12.9. The van der Waals surface area contributed by atoms with Crippen LogP contribution in [0.25, 0.3) is 0 Å². The van der Waals surface area contributed by atoms with Crippen LogP contribution in [0.1, 0.15) is 37.7 Å². The lowest BCUT2D eigenvalue weighted by Gasteiger charge is -2.29. The molecule has 2 aliphatic heterocycles. The number of ether oxygens (including phenoxy) is 2. The number of nitrogens with one attached hydrogen (secondary N) is 1. The third kappa shape index (κ3) is 4.08. The average Bonchev–Trinajstić information content (AvgIpc) is 3.07. The van der Waals surface area contributed by atoms with Crippen molar-refractivity contribution in [1.82, 2.24) is 10.2 Å². The minimum absolute atomic E-state index is 0.129. The van der Waals surface area contributed by atoms with E-state index in [1.54, 1.807) is 11.3 Å². The van der Waals surface area contributed by atoms with Gasteiger partial charge in [0.25, 0.3) is 0 Å². The molecule has 6 heteroatoms. The highest BCUT2D eigenvalue weighted by molar-refractivity contribution is 7.07. The summed E-state index contributed by atoms with van der Waals surface area (Å²) in [4.78, 5) is 15.0. The van der Waals surface area contributed by atoms with Crippen molar-refractivity contribution < 1.29 is 14.3 Å². The van der Waals surface area contributed by atoms with E-state index in [1.807, 2.05) is 0 Å². The first-order chi connectivity index (χ1) is 12.3. The van der Waals surface area contributed by atoms with Crippen LogP contribution in [0.4, 0.5) is 0 Å². The molecular formula is C19H28N2O3S. The number of piperidine rings is 1. The Bertz CT molecular complexity index is 565. The van der Waals surface area contributed by atoms with Crippen molar-refractivity contribution in [2.45, 2.75) is 50.8 Å². The summed E-state index contributed by atoms with van der Waals surface area (Å²) in [6.45, 7) is 4.40. The molecule has 0 aromatic carbocycles. The highest BCUT2D eigenvalue weighted by Gasteiger charge is 2.57. The number of hydrogen-bond acceptors (Lipinski definition) is 5. The first-order valence-corrected chi connectivity index (χ1v) is 10.4. The van der Waals surface area contributed by atoms with Gasteiger partial charge in [0.2, 0.25) is 5.91 Å². The summed E-state index contributed by atoms with van der Waals surface area (Å²) in [7, 11) is 0. The molecule has 1 spiro atoms. The van der Waals surface area contributed by atoms with Crippen LogP contribution in [0.2, 0.25) is 0 Å². The van der Waals surface area contributed by atoms with E-state index in [4.69, 9.17) is 9.47 Å². The van der Waals surface area contributed by atoms with Gasteiger partial charge in [0.15, 0.2) is 0 Å². The van der Waals surface area contributed by atoms with Crippen molar-refractivity contribution >= 4 is 17.2 Å². The Kier molecular flexibility index (Phi) is 5.41. The zero-order valence-corrected chi connectivity index (χ0v) is 15.6. The van der Waals surface area contributed by atoms with E-state index in [-0.39, 0.29) is 18.6 Å². The van der Waals surface area contributed by atoms with Crippen LogP contribution < -0.4 is 5.32 Å². The van der Waals surface area contributed by atoms with Crippen LogP contribution in [0.3, 0.4) is 0 Å². The molecular weight excluding hydrogens is 336 g/mol. The number of carbonyl (C=O) groups excluding carboxylic acids is 1. The maximum Gasteiger partial charge on any atom is 0.249 e. The standard InChI is InChI=1S/C19H28N2O3S/c22-18(13-23-12-16-2-1-8-24-16)21(11-15-3-9-25-14-15)17-10-19(17)4-6-20-7-5-19/h3,9,14,16-17,20H,1-2,4-8,10-13H2. The van der Waals surface area contributed by atoms with Gasteiger partial charge in [0.05, 0.1) is 12.7 Å². The van der Waals surface area contributed by atoms with Crippen LogP contribution >= 0.6 is 11.3 Å². The normalized spacial score (nSPS) is 27.5. The number of nitrogens with zero attached hydrogens (tertiary/aromatic N) is 1. The molecule has 2 atom stereocenters. The van der Waals surface area contributed by atoms with Gasteiger partial charge in [0.1, 0.15) is 6.61 Å². The largest absolute Gasteiger partial charge is 0.376 e. The van der Waals surface area contributed by atoms with Crippen LogP contribution in [-0.2, 0) is 20.8 Å². The number of amides is 1. The second-order valence-corrected chi connectivity index (χ2v) is 8.42. The zero-order chi connectivity index (χ0) is 17.1. The Morgan fingerprint density at radius 2 is 2.32 bits per heavy atom. The molecule has 1 aromatic heterocycles. The minimum Gasteiger partial charge on any atom is -0.376 e. The molecule has 1 N–H and O–H groups in total. The number of rotatable bonds is 7. The predicted octanol–water partition coefficient (Wildman–Crippen LogP) is 2.41. The van der Waals surface area contributed by atoms with Crippen LogP contribution in [0.15, 0.2) is 16.8 Å². The Hall–Kier alpha value is -0.950. The highest BCUT2D eigenvalue weighted by Crippen LogP contribution is 2.56. The molecule has 25 heavy (non-hydrogen) atoms. The summed E-state index contributed by atoms with van der Waals surface area (Å²) in [5, 5.41) is 7.67. The molecule has 2 unspecified atom stereocenters. The Balaban J connectivity index is 1.35. The summed E-state index contributed by atoms with van der Waals surface area (Å²) in [5.41, 5.74) is 1.58. The Morgan fingerprint density at radius 3 is 3.04 bits per heavy atom. The minimum atomic E-state index is 0.129. The van der Waals surface area contributed by atoms with E-state index in [9.17, 15) is 4.79 Å². The van der Waals surface area contributed by atoms with Crippen LogP contribution in [0.5, 0.6) is 0 Å². The molecule has 1 saturated carbocycles. The van der Waals surface area contributed by atoms with Crippen molar-refractivity contribution in [2.24, 2.45) is 5.41 Å². The van der Waals surface area contributed by atoms with Gasteiger partial charge >= 0.3 is 0 Å². The summed E-state index contributed by atoms with van der Waals surface area (Å²) >= 11 is 1.69. The van der Waals surface area contributed by atoms with Crippen LogP contribution in [0, 0.1) is 5.41 Å². The molecule has 1 aromatic rings. The van der Waals surface area contributed by atoms with Crippen molar-refractivity contribution in [1.29, 1.82) is 0 Å². The van der Waals surface area contributed by atoms with Gasteiger partial charge in [-0.05, 0) is 73.0 Å². The van der Waals surface area contributed by atoms with Crippen molar-refractivity contribution in [3.05, 3.63) is 22.4 Å². The first kappa shape index (κ1) is 17.5. The third-order valence-electron chi connectivity index (χ3n) is 5.93. The molecule has 4 rings (SSSR count). The number of thiophene rings is 1. The molecule has 0 bridgehead atoms. The zero-order valence-electron chi connectivity index (χ0n) is 14.7. The van der Waals surface area contributed by atoms with Crippen molar-refractivity contribution in [3.8, 4) is 0 Å². The molecule has 1 aliphatic carbocycles. The number of hydrogen-bond donors (Lipinski definition) is 1. The Labute approximate surface area is 153 Å². The highest BCUT2D eigenvalue weighted by atomic mass is 32.1. The molecule has 1 amide bonds.